The van der Waals surface area contributed by atoms with E-state index < -0.39 is 0 Å². The Morgan fingerprint density at radius 2 is 2.33 bits per heavy atom. The van der Waals surface area contributed by atoms with Crippen LogP contribution in [0.25, 0.3) is 0 Å². The number of carbonyl (C=O) groups is 1. The van der Waals surface area contributed by atoms with Gasteiger partial charge in [0.25, 0.3) is 0 Å². The summed E-state index contributed by atoms with van der Waals surface area (Å²) in [5.41, 5.74) is 0.687. The summed E-state index contributed by atoms with van der Waals surface area (Å²) < 4.78 is 0. The Morgan fingerprint density at radius 1 is 1.67 bits per heavy atom. The van der Waals surface area contributed by atoms with E-state index >= 15 is 0 Å². The first-order valence-corrected chi connectivity index (χ1v) is 3.73. The number of amides is 1. The number of hydrogen-bond donors (Lipinski definition) is 1. The molecule has 64 valence electrons. The van der Waals surface area contributed by atoms with Gasteiger partial charge in [0.15, 0.2) is 0 Å². The predicted molar refractivity (Wildman–Crippen MR) is 50.4 cm³/mol. The minimum Gasteiger partial charge on any atom is -0.359 e. The number of nitrogens with one attached hydrogen (secondary N) is 1. The molecule has 0 aliphatic carbocycles. The molecule has 0 radical (unpaired) electrons. The zero-order chi connectivity index (χ0) is 9.40. The highest BCUT2D eigenvalue weighted by Gasteiger charge is 1.99. The highest BCUT2D eigenvalue weighted by molar-refractivity contribution is 5.79. The van der Waals surface area contributed by atoms with E-state index in [2.05, 4.69) is 11.2 Å². The van der Waals surface area contributed by atoms with Crippen molar-refractivity contribution < 1.29 is 4.79 Å². The van der Waals surface area contributed by atoms with Crippen molar-refractivity contribution in [2.75, 3.05) is 7.05 Å². The van der Waals surface area contributed by atoms with Crippen LogP contribution in [-0.4, -0.2) is 13.0 Å². The number of rotatable bonds is 3. The molecule has 0 aromatic rings. The highest BCUT2D eigenvalue weighted by Crippen LogP contribution is 1.99. The summed E-state index contributed by atoms with van der Waals surface area (Å²) in [6.45, 7) is 1.89. The van der Waals surface area contributed by atoms with Crippen LogP contribution in [0.4, 0.5) is 0 Å². The van der Waals surface area contributed by atoms with E-state index in [1.807, 2.05) is 19.1 Å². The molecule has 12 heavy (non-hydrogen) atoms. The fraction of sp³-hybridized carbons (Fsp3) is 0.300. The van der Waals surface area contributed by atoms with Gasteiger partial charge in [-0.2, -0.15) is 0 Å². The van der Waals surface area contributed by atoms with E-state index in [0.717, 1.165) is 0 Å². The van der Waals surface area contributed by atoms with Crippen LogP contribution in [0.2, 0.25) is 0 Å². The normalized spacial score (nSPS) is 11.2. The molecule has 0 atom stereocenters. The lowest BCUT2D eigenvalue weighted by Gasteiger charge is -1.96. The maximum absolute atomic E-state index is 10.9. The summed E-state index contributed by atoms with van der Waals surface area (Å²) in [6.07, 6.45) is 10.9. The molecule has 0 fully saturated rings. The van der Waals surface area contributed by atoms with Gasteiger partial charge in [-0.15, -0.1) is 6.42 Å². The molecule has 0 spiro atoms. The van der Waals surface area contributed by atoms with Crippen molar-refractivity contribution in [3.05, 3.63) is 23.8 Å². The quantitative estimate of drug-likeness (QED) is 0.492. The van der Waals surface area contributed by atoms with Crippen molar-refractivity contribution in [3.8, 4) is 12.3 Å². The molecular formula is C10H13NO. The number of allylic oxidation sites excluding steroid dienone is 3. The first-order chi connectivity index (χ1) is 5.74. The standard InChI is InChI=1S/C10H13NO/c1-4-6-7-9(5-2)8-10(12)11-3/h2,4,6-7H,8H2,1,3H3,(H,11,12). The van der Waals surface area contributed by atoms with Crippen LogP contribution in [0.15, 0.2) is 23.8 Å². The van der Waals surface area contributed by atoms with E-state index in [1.54, 1.807) is 13.1 Å². The summed E-state index contributed by atoms with van der Waals surface area (Å²) in [4.78, 5) is 10.9. The Morgan fingerprint density at radius 3 is 2.75 bits per heavy atom. The monoisotopic (exact) mass is 163 g/mol. The van der Waals surface area contributed by atoms with Crippen molar-refractivity contribution in [1.29, 1.82) is 0 Å². The lowest BCUT2D eigenvalue weighted by atomic mass is 10.2. The van der Waals surface area contributed by atoms with Crippen LogP contribution < -0.4 is 5.32 Å². The Kier molecular flexibility index (Phi) is 5.46. The van der Waals surface area contributed by atoms with E-state index in [0.29, 0.717) is 5.57 Å². The molecule has 1 amide bonds. The van der Waals surface area contributed by atoms with Crippen molar-refractivity contribution >= 4 is 5.91 Å². The maximum atomic E-state index is 10.9. The van der Waals surface area contributed by atoms with Crippen LogP contribution in [0.3, 0.4) is 0 Å². The summed E-state index contributed by atoms with van der Waals surface area (Å²) in [7, 11) is 1.59. The average molecular weight is 163 g/mol. The van der Waals surface area contributed by atoms with Gasteiger partial charge in [0.2, 0.25) is 5.91 Å². The van der Waals surface area contributed by atoms with Crippen LogP contribution in [-0.2, 0) is 4.79 Å². The van der Waals surface area contributed by atoms with Crippen LogP contribution in [0.5, 0.6) is 0 Å². The van der Waals surface area contributed by atoms with Gasteiger partial charge in [0.05, 0.1) is 6.42 Å². The first-order valence-electron chi connectivity index (χ1n) is 3.73. The van der Waals surface area contributed by atoms with E-state index in [1.165, 1.54) is 0 Å². The molecule has 0 unspecified atom stereocenters. The maximum Gasteiger partial charge on any atom is 0.224 e. The molecule has 0 saturated carbocycles. The molecule has 1 N–H and O–H groups in total. The van der Waals surface area contributed by atoms with Gasteiger partial charge in [-0.25, -0.2) is 0 Å². The fourth-order valence-electron chi connectivity index (χ4n) is 0.632. The lowest BCUT2D eigenvalue weighted by molar-refractivity contribution is -0.119. The molecule has 0 aliphatic heterocycles. The van der Waals surface area contributed by atoms with Gasteiger partial charge < -0.3 is 5.32 Å². The lowest BCUT2D eigenvalue weighted by Crippen LogP contribution is -2.17. The fourth-order valence-corrected chi connectivity index (χ4v) is 0.632. The average Bonchev–Trinajstić information content (AvgIpc) is 2.11. The second kappa shape index (κ2) is 6.23. The van der Waals surface area contributed by atoms with Crippen molar-refractivity contribution in [1.82, 2.24) is 5.32 Å². The molecule has 0 bridgehead atoms. The van der Waals surface area contributed by atoms with Crippen LogP contribution in [0.1, 0.15) is 13.3 Å². The van der Waals surface area contributed by atoms with Crippen molar-refractivity contribution in [2.24, 2.45) is 0 Å². The third kappa shape index (κ3) is 4.35. The SMILES string of the molecule is C#CC(=CC=CC)CC(=O)NC. The second-order valence-corrected chi connectivity index (χ2v) is 2.21. The number of carbonyl (C=O) groups excluding carboxylic acids is 1. The van der Waals surface area contributed by atoms with Gasteiger partial charge >= 0.3 is 0 Å². The summed E-state index contributed by atoms with van der Waals surface area (Å²) in [5.74, 6) is 2.39. The zero-order valence-corrected chi connectivity index (χ0v) is 7.42. The Balaban J connectivity index is 4.20. The zero-order valence-electron chi connectivity index (χ0n) is 7.42. The molecule has 0 aliphatic rings. The highest BCUT2D eigenvalue weighted by atomic mass is 16.1. The topological polar surface area (TPSA) is 29.1 Å². The molecule has 0 aromatic heterocycles. The molecule has 0 saturated heterocycles. The van der Waals surface area contributed by atoms with Crippen molar-refractivity contribution in [3.63, 3.8) is 0 Å². The summed E-state index contributed by atoms with van der Waals surface area (Å²) >= 11 is 0. The van der Waals surface area contributed by atoms with Gasteiger partial charge in [0.1, 0.15) is 0 Å². The first kappa shape index (κ1) is 10.5. The summed E-state index contributed by atoms with van der Waals surface area (Å²) in [6, 6.07) is 0. The largest absolute Gasteiger partial charge is 0.359 e. The van der Waals surface area contributed by atoms with Gasteiger partial charge in [-0.3, -0.25) is 4.79 Å². The molecule has 2 nitrogen and oxygen atoms in total. The Labute approximate surface area is 73.4 Å². The summed E-state index contributed by atoms with van der Waals surface area (Å²) in [5, 5.41) is 2.51. The minimum atomic E-state index is -0.0660. The molecule has 2 heteroatoms. The van der Waals surface area contributed by atoms with Gasteiger partial charge in [0, 0.05) is 12.6 Å². The van der Waals surface area contributed by atoms with E-state index in [-0.39, 0.29) is 12.3 Å². The van der Waals surface area contributed by atoms with Crippen molar-refractivity contribution in [2.45, 2.75) is 13.3 Å². The third-order valence-electron chi connectivity index (χ3n) is 1.31. The molecule has 0 rings (SSSR count). The van der Waals surface area contributed by atoms with Gasteiger partial charge in [-0.1, -0.05) is 24.1 Å². The second-order valence-electron chi connectivity index (χ2n) is 2.21. The van der Waals surface area contributed by atoms with Gasteiger partial charge in [-0.05, 0) is 6.92 Å². The predicted octanol–water partition coefficient (Wildman–Crippen LogP) is 1.26. The molecular weight excluding hydrogens is 150 g/mol. The van der Waals surface area contributed by atoms with E-state index in [4.69, 9.17) is 6.42 Å². The smallest absolute Gasteiger partial charge is 0.224 e. The van der Waals surface area contributed by atoms with Crippen LogP contribution in [0, 0.1) is 12.3 Å². The molecule has 0 aromatic carbocycles. The third-order valence-corrected chi connectivity index (χ3v) is 1.31. The van der Waals surface area contributed by atoms with E-state index in [9.17, 15) is 4.79 Å². The van der Waals surface area contributed by atoms with Crippen LogP contribution >= 0.6 is 0 Å². The minimum absolute atomic E-state index is 0.0660. The number of hydrogen-bond acceptors (Lipinski definition) is 1. The Hall–Kier alpha value is -1.49. The Bertz CT molecular complexity index is 243. The number of terminal acetylenes is 1. The molecule has 0 heterocycles.